The Kier molecular flexibility index (Phi) is 7.40. The fourth-order valence-corrected chi connectivity index (χ4v) is 0.980. The molecule has 0 aromatic rings. The van der Waals surface area contributed by atoms with Gasteiger partial charge < -0.3 is 21.1 Å². The average Bonchev–Trinajstić information content (AvgIpc) is 2.22. The molecule has 0 saturated heterocycles. The van der Waals surface area contributed by atoms with Gasteiger partial charge in [0.25, 0.3) is 0 Å². The number of amides is 2. The molecule has 0 aliphatic heterocycles. The van der Waals surface area contributed by atoms with E-state index in [4.69, 9.17) is 10.5 Å². The van der Waals surface area contributed by atoms with Crippen LogP contribution in [0.25, 0.3) is 0 Å². The zero-order chi connectivity index (χ0) is 12.6. The Hall–Kier alpha value is -1.21. The van der Waals surface area contributed by atoms with E-state index in [0.717, 1.165) is 0 Å². The van der Waals surface area contributed by atoms with Crippen molar-refractivity contribution >= 4 is 29.0 Å². The monoisotopic (exact) mass is 247 g/mol. The third kappa shape index (κ3) is 7.13. The molecule has 6 nitrogen and oxygen atoms in total. The first kappa shape index (κ1) is 14.8. The second kappa shape index (κ2) is 8.00. The maximum atomic E-state index is 11.2. The molecule has 4 N–H and O–H groups in total. The van der Waals surface area contributed by atoms with Crippen LogP contribution in [0.1, 0.15) is 13.8 Å². The summed E-state index contributed by atoms with van der Waals surface area (Å²) in [6, 6.07) is 0. The molecule has 0 saturated carbocycles. The molecule has 0 aliphatic carbocycles. The number of carbonyl (C=O) groups is 2. The zero-order valence-corrected chi connectivity index (χ0v) is 10.2. The molecule has 0 aromatic heterocycles. The summed E-state index contributed by atoms with van der Waals surface area (Å²) in [5.74, 6) is -1.47. The minimum atomic E-state index is -0.753. The Balaban J connectivity index is 3.79. The number of nitrogens with two attached hydrogens (primary N) is 1. The second-order valence-corrected chi connectivity index (χ2v) is 3.65. The highest BCUT2D eigenvalue weighted by Gasteiger charge is 2.13. The van der Waals surface area contributed by atoms with Crippen LogP contribution in [0, 0.1) is 0 Å². The first-order valence-corrected chi connectivity index (χ1v) is 5.34. The summed E-state index contributed by atoms with van der Waals surface area (Å²) < 4.78 is 5.18. The van der Waals surface area contributed by atoms with Crippen molar-refractivity contribution in [1.82, 2.24) is 10.6 Å². The Morgan fingerprint density at radius 2 is 1.94 bits per heavy atom. The Morgan fingerprint density at radius 3 is 2.44 bits per heavy atom. The quantitative estimate of drug-likeness (QED) is 0.410. The summed E-state index contributed by atoms with van der Waals surface area (Å²) >= 11 is 4.55. The lowest BCUT2D eigenvalue weighted by molar-refractivity contribution is -0.139. The van der Waals surface area contributed by atoms with Crippen molar-refractivity contribution < 1.29 is 14.3 Å². The van der Waals surface area contributed by atoms with Gasteiger partial charge in [0.1, 0.15) is 0 Å². The van der Waals surface area contributed by atoms with Crippen LogP contribution in [0.2, 0.25) is 0 Å². The van der Waals surface area contributed by atoms with E-state index < -0.39 is 11.8 Å². The standard InChI is InChI=1S/C9H17N3O3S/c1-3-15-6(2)4-11-8(13)9(14)12-5-7(10)16/h6H,3-5H2,1-2H3,(H2,10,16)(H,11,13)(H,12,14). The third-order valence-corrected chi connectivity index (χ3v) is 1.78. The van der Waals surface area contributed by atoms with Crippen LogP contribution in [0.15, 0.2) is 0 Å². The van der Waals surface area contributed by atoms with E-state index in [1.807, 2.05) is 6.92 Å². The molecule has 7 heteroatoms. The minimum absolute atomic E-state index is 0.0165. The van der Waals surface area contributed by atoms with Crippen LogP contribution in [0.4, 0.5) is 0 Å². The highest BCUT2D eigenvalue weighted by molar-refractivity contribution is 7.80. The van der Waals surface area contributed by atoms with Crippen LogP contribution < -0.4 is 16.4 Å². The number of carbonyl (C=O) groups excluding carboxylic acids is 2. The average molecular weight is 247 g/mol. The molecule has 0 radical (unpaired) electrons. The Morgan fingerprint density at radius 1 is 1.38 bits per heavy atom. The van der Waals surface area contributed by atoms with Crippen LogP contribution >= 0.6 is 12.2 Å². The van der Waals surface area contributed by atoms with E-state index >= 15 is 0 Å². The van der Waals surface area contributed by atoms with E-state index in [1.54, 1.807) is 6.92 Å². The van der Waals surface area contributed by atoms with Crippen LogP contribution in [0.5, 0.6) is 0 Å². The number of hydrogen-bond donors (Lipinski definition) is 3. The molecule has 16 heavy (non-hydrogen) atoms. The lowest BCUT2D eigenvalue weighted by Crippen LogP contribution is -2.44. The Bertz CT molecular complexity index is 271. The van der Waals surface area contributed by atoms with Crippen molar-refractivity contribution in [3.8, 4) is 0 Å². The SMILES string of the molecule is CCOC(C)CNC(=O)C(=O)NCC(N)=S. The predicted octanol–water partition coefficient (Wildman–Crippen LogP) is -1.07. The summed E-state index contributed by atoms with van der Waals surface area (Å²) in [5, 5.41) is 4.71. The predicted molar refractivity (Wildman–Crippen MR) is 63.9 cm³/mol. The summed E-state index contributed by atoms with van der Waals surface area (Å²) in [6.07, 6.45) is -0.127. The molecule has 0 aliphatic rings. The molecular formula is C9H17N3O3S. The van der Waals surface area contributed by atoms with Gasteiger partial charge in [0.05, 0.1) is 17.6 Å². The van der Waals surface area contributed by atoms with Crippen molar-refractivity contribution in [3.63, 3.8) is 0 Å². The normalized spacial score (nSPS) is 11.6. The fourth-order valence-electron chi connectivity index (χ4n) is 0.908. The maximum absolute atomic E-state index is 11.2. The fraction of sp³-hybridized carbons (Fsp3) is 0.667. The highest BCUT2D eigenvalue weighted by Crippen LogP contribution is 1.86. The van der Waals surface area contributed by atoms with Gasteiger partial charge in [-0.1, -0.05) is 12.2 Å². The van der Waals surface area contributed by atoms with Crippen molar-refractivity contribution in [2.45, 2.75) is 20.0 Å². The summed E-state index contributed by atoms with van der Waals surface area (Å²) in [5.41, 5.74) is 5.17. The van der Waals surface area contributed by atoms with Gasteiger partial charge in [-0.25, -0.2) is 0 Å². The number of nitrogens with one attached hydrogen (secondary N) is 2. The first-order valence-electron chi connectivity index (χ1n) is 4.93. The van der Waals surface area contributed by atoms with Crippen molar-refractivity contribution in [2.24, 2.45) is 5.73 Å². The van der Waals surface area contributed by atoms with E-state index in [9.17, 15) is 9.59 Å². The molecular weight excluding hydrogens is 230 g/mol. The van der Waals surface area contributed by atoms with Gasteiger partial charge in [0, 0.05) is 13.2 Å². The van der Waals surface area contributed by atoms with Crippen LogP contribution in [-0.2, 0) is 14.3 Å². The Labute approximate surface area is 99.9 Å². The zero-order valence-electron chi connectivity index (χ0n) is 9.41. The number of hydrogen-bond acceptors (Lipinski definition) is 4. The molecule has 2 amide bonds. The van der Waals surface area contributed by atoms with E-state index in [2.05, 4.69) is 22.9 Å². The highest BCUT2D eigenvalue weighted by atomic mass is 32.1. The van der Waals surface area contributed by atoms with Gasteiger partial charge in [-0.05, 0) is 13.8 Å². The summed E-state index contributed by atoms with van der Waals surface area (Å²) in [6.45, 7) is 4.52. The molecule has 1 unspecified atom stereocenters. The molecule has 0 bridgehead atoms. The molecule has 0 fully saturated rings. The summed E-state index contributed by atoms with van der Waals surface area (Å²) in [7, 11) is 0. The van der Waals surface area contributed by atoms with Crippen molar-refractivity contribution in [2.75, 3.05) is 19.7 Å². The number of thiocarbonyl (C=S) groups is 1. The minimum Gasteiger partial charge on any atom is -0.392 e. The van der Waals surface area contributed by atoms with Gasteiger partial charge >= 0.3 is 11.8 Å². The lowest BCUT2D eigenvalue weighted by Gasteiger charge is -2.12. The topological polar surface area (TPSA) is 93.4 Å². The van der Waals surface area contributed by atoms with E-state index in [1.165, 1.54) is 0 Å². The molecule has 0 spiro atoms. The maximum Gasteiger partial charge on any atom is 0.309 e. The molecule has 92 valence electrons. The van der Waals surface area contributed by atoms with Crippen LogP contribution in [0.3, 0.4) is 0 Å². The van der Waals surface area contributed by atoms with Crippen molar-refractivity contribution in [1.29, 1.82) is 0 Å². The first-order chi connectivity index (χ1) is 7.47. The number of ether oxygens (including phenoxy) is 1. The summed E-state index contributed by atoms with van der Waals surface area (Å²) in [4.78, 5) is 22.5. The van der Waals surface area contributed by atoms with Gasteiger partial charge in [0.15, 0.2) is 0 Å². The molecule has 1 atom stereocenters. The second-order valence-electron chi connectivity index (χ2n) is 3.12. The lowest BCUT2D eigenvalue weighted by atomic mass is 10.4. The molecule has 0 rings (SSSR count). The molecule has 0 heterocycles. The van der Waals surface area contributed by atoms with Crippen molar-refractivity contribution in [3.05, 3.63) is 0 Å². The smallest absolute Gasteiger partial charge is 0.309 e. The van der Waals surface area contributed by atoms with E-state index in [0.29, 0.717) is 6.61 Å². The van der Waals surface area contributed by atoms with Gasteiger partial charge in [0.2, 0.25) is 0 Å². The van der Waals surface area contributed by atoms with E-state index in [-0.39, 0.29) is 24.2 Å². The van der Waals surface area contributed by atoms with Gasteiger partial charge in [-0.2, -0.15) is 0 Å². The molecule has 0 aromatic carbocycles. The van der Waals surface area contributed by atoms with Gasteiger partial charge in [-0.15, -0.1) is 0 Å². The van der Waals surface area contributed by atoms with Crippen LogP contribution in [-0.4, -0.2) is 42.6 Å². The number of rotatable bonds is 6. The van der Waals surface area contributed by atoms with Gasteiger partial charge in [-0.3, -0.25) is 9.59 Å². The third-order valence-electron chi connectivity index (χ3n) is 1.63. The largest absolute Gasteiger partial charge is 0.392 e.